The molecule has 3 rings (SSSR count). The summed E-state index contributed by atoms with van der Waals surface area (Å²) < 4.78 is 5.26. The molecule has 0 aromatic heterocycles. The Kier molecular flexibility index (Phi) is 5.18. The molecule has 1 aliphatic carbocycles. The van der Waals surface area contributed by atoms with Crippen molar-refractivity contribution in [2.24, 2.45) is 5.41 Å². The number of anilines is 2. The minimum Gasteiger partial charge on any atom is -0.495 e. The SMILES string of the molecule is CCN(C(=O)C1(C(=O)Nc2cc(Cl)ccc2OC)CC1)c1ccccc1. The Balaban J connectivity index is 1.83. The number of carbonyl (C=O) groups excluding carboxylic acids is 2. The van der Waals surface area contributed by atoms with Gasteiger partial charge in [-0.05, 0) is 50.1 Å². The fourth-order valence-corrected chi connectivity index (χ4v) is 3.16. The first-order valence-corrected chi connectivity index (χ1v) is 8.91. The molecule has 0 saturated heterocycles. The summed E-state index contributed by atoms with van der Waals surface area (Å²) in [5.41, 5.74) is 0.227. The molecule has 0 heterocycles. The first-order chi connectivity index (χ1) is 12.5. The summed E-state index contributed by atoms with van der Waals surface area (Å²) in [5, 5.41) is 3.30. The van der Waals surface area contributed by atoms with Crippen LogP contribution in [-0.4, -0.2) is 25.5 Å². The minimum absolute atomic E-state index is 0.176. The maximum atomic E-state index is 13.1. The van der Waals surface area contributed by atoms with E-state index in [1.807, 2.05) is 37.3 Å². The molecule has 26 heavy (non-hydrogen) atoms. The second-order valence-electron chi connectivity index (χ2n) is 6.27. The highest BCUT2D eigenvalue weighted by atomic mass is 35.5. The van der Waals surface area contributed by atoms with Gasteiger partial charge in [0.05, 0.1) is 12.8 Å². The molecule has 0 aliphatic heterocycles. The molecule has 1 aliphatic rings. The monoisotopic (exact) mass is 372 g/mol. The highest BCUT2D eigenvalue weighted by Gasteiger charge is 2.58. The Morgan fingerprint density at radius 3 is 2.46 bits per heavy atom. The maximum Gasteiger partial charge on any atom is 0.242 e. The fourth-order valence-electron chi connectivity index (χ4n) is 2.99. The van der Waals surface area contributed by atoms with Gasteiger partial charge in [0.25, 0.3) is 0 Å². The largest absolute Gasteiger partial charge is 0.495 e. The average molecular weight is 373 g/mol. The Bertz CT molecular complexity index is 819. The Morgan fingerprint density at radius 1 is 1.19 bits per heavy atom. The molecule has 0 bridgehead atoms. The number of halogens is 1. The van der Waals surface area contributed by atoms with Gasteiger partial charge in [-0.3, -0.25) is 9.59 Å². The molecule has 6 heteroatoms. The van der Waals surface area contributed by atoms with Crippen molar-refractivity contribution >= 4 is 34.8 Å². The standard InChI is InChI=1S/C20H21ClN2O3/c1-3-23(15-7-5-4-6-8-15)19(25)20(11-12-20)18(24)22-16-13-14(21)9-10-17(16)26-2/h4-10,13H,3,11-12H2,1-2H3,(H,22,24). The number of nitrogens with zero attached hydrogens (tertiary/aromatic N) is 1. The van der Waals surface area contributed by atoms with Gasteiger partial charge in [-0.1, -0.05) is 29.8 Å². The number of rotatable bonds is 6. The molecule has 1 saturated carbocycles. The third-order valence-electron chi connectivity index (χ3n) is 4.63. The maximum absolute atomic E-state index is 13.1. The number of nitrogens with one attached hydrogen (secondary N) is 1. The van der Waals surface area contributed by atoms with E-state index in [0.717, 1.165) is 5.69 Å². The van der Waals surface area contributed by atoms with Crippen molar-refractivity contribution in [3.63, 3.8) is 0 Å². The molecule has 2 amide bonds. The van der Waals surface area contributed by atoms with Crippen LogP contribution in [0.15, 0.2) is 48.5 Å². The zero-order valence-electron chi connectivity index (χ0n) is 14.8. The van der Waals surface area contributed by atoms with Crippen molar-refractivity contribution in [2.75, 3.05) is 23.9 Å². The molecule has 1 N–H and O–H groups in total. The van der Waals surface area contributed by atoms with Gasteiger partial charge in [0.1, 0.15) is 11.2 Å². The Labute approximate surface area is 157 Å². The summed E-state index contributed by atoms with van der Waals surface area (Å²) in [6.07, 6.45) is 1.06. The van der Waals surface area contributed by atoms with Gasteiger partial charge in [-0.25, -0.2) is 0 Å². The van der Waals surface area contributed by atoms with Gasteiger partial charge in [-0.15, -0.1) is 0 Å². The van der Waals surface area contributed by atoms with Gasteiger partial charge in [0.2, 0.25) is 11.8 Å². The molecular formula is C20H21ClN2O3. The Hall–Kier alpha value is -2.53. The number of ether oxygens (including phenoxy) is 1. The number of benzene rings is 2. The highest BCUT2D eigenvalue weighted by molar-refractivity contribution is 6.31. The number of methoxy groups -OCH3 is 1. The van der Waals surface area contributed by atoms with Crippen LogP contribution in [0.1, 0.15) is 19.8 Å². The van der Waals surface area contributed by atoms with Crippen molar-refractivity contribution in [1.82, 2.24) is 0 Å². The van der Waals surface area contributed by atoms with Gasteiger partial charge < -0.3 is 15.0 Å². The van der Waals surface area contributed by atoms with Crippen molar-refractivity contribution in [3.05, 3.63) is 53.6 Å². The summed E-state index contributed by atoms with van der Waals surface area (Å²) in [6, 6.07) is 14.4. The van der Waals surface area contributed by atoms with Gasteiger partial charge in [0, 0.05) is 17.3 Å². The van der Waals surface area contributed by atoms with Crippen molar-refractivity contribution in [2.45, 2.75) is 19.8 Å². The zero-order chi connectivity index (χ0) is 18.7. The molecular weight excluding hydrogens is 352 g/mol. The van der Waals surface area contributed by atoms with E-state index >= 15 is 0 Å². The average Bonchev–Trinajstić information content (AvgIpc) is 3.45. The topological polar surface area (TPSA) is 58.6 Å². The predicted octanol–water partition coefficient (Wildman–Crippen LogP) is 4.12. The summed E-state index contributed by atoms with van der Waals surface area (Å²) in [7, 11) is 1.52. The summed E-state index contributed by atoms with van der Waals surface area (Å²) >= 11 is 6.02. The second-order valence-corrected chi connectivity index (χ2v) is 6.70. The molecule has 0 atom stereocenters. The molecule has 0 spiro atoms. The normalized spacial score (nSPS) is 14.4. The first-order valence-electron chi connectivity index (χ1n) is 8.54. The molecule has 136 valence electrons. The van der Waals surface area contributed by atoms with Crippen molar-refractivity contribution in [3.8, 4) is 5.75 Å². The van der Waals surface area contributed by atoms with Crippen LogP contribution < -0.4 is 15.0 Å². The molecule has 2 aromatic rings. The summed E-state index contributed by atoms with van der Waals surface area (Å²) in [4.78, 5) is 27.7. The summed E-state index contributed by atoms with van der Waals surface area (Å²) in [6.45, 7) is 2.40. The molecule has 0 radical (unpaired) electrons. The van der Waals surface area contributed by atoms with Gasteiger partial charge in [-0.2, -0.15) is 0 Å². The van der Waals surface area contributed by atoms with Crippen LogP contribution in [0.3, 0.4) is 0 Å². The lowest BCUT2D eigenvalue weighted by Crippen LogP contribution is -2.43. The molecule has 2 aromatic carbocycles. The molecule has 1 fully saturated rings. The highest BCUT2D eigenvalue weighted by Crippen LogP contribution is 2.49. The number of hydrogen-bond donors (Lipinski definition) is 1. The molecule has 5 nitrogen and oxygen atoms in total. The van der Waals surface area contributed by atoms with Gasteiger partial charge >= 0.3 is 0 Å². The first kappa shape index (κ1) is 18.3. The predicted molar refractivity (Wildman–Crippen MR) is 103 cm³/mol. The third kappa shape index (κ3) is 3.40. The van der Waals surface area contributed by atoms with Crippen molar-refractivity contribution in [1.29, 1.82) is 0 Å². The minimum atomic E-state index is -1.03. The number of amides is 2. The van der Waals surface area contributed by atoms with E-state index in [-0.39, 0.29) is 11.8 Å². The third-order valence-corrected chi connectivity index (χ3v) is 4.87. The van der Waals surface area contributed by atoms with E-state index in [1.165, 1.54) is 7.11 Å². The van der Waals surface area contributed by atoms with E-state index in [9.17, 15) is 9.59 Å². The zero-order valence-corrected chi connectivity index (χ0v) is 15.5. The lowest BCUT2D eigenvalue weighted by Gasteiger charge is -2.26. The van der Waals surface area contributed by atoms with Crippen molar-refractivity contribution < 1.29 is 14.3 Å². The van der Waals surface area contributed by atoms with E-state index < -0.39 is 5.41 Å². The Morgan fingerprint density at radius 2 is 1.88 bits per heavy atom. The number of carbonyl (C=O) groups is 2. The van der Waals surface area contributed by atoms with E-state index in [1.54, 1.807) is 23.1 Å². The lowest BCUT2D eigenvalue weighted by molar-refractivity contribution is -0.132. The smallest absolute Gasteiger partial charge is 0.242 e. The fraction of sp³-hybridized carbons (Fsp3) is 0.300. The molecule has 0 unspecified atom stereocenters. The van der Waals surface area contributed by atoms with Crippen LogP contribution in [0, 0.1) is 5.41 Å². The van der Waals surface area contributed by atoms with E-state index in [4.69, 9.17) is 16.3 Å². The summed E-state index contributed by atoms with van der Waals surface area (Å²) in [5.74, 6) is 0.00329. The van der Waals surface area contributed by atoms with Crippen LogP contribution >= 0.6 is 11.6 Å². The van der Waals surface area contributed by atoms with E-state index in [2.05, 4.69) is 5.32 Å². The van der Waals surface area contributed by atoms with E-state index in [0.29, 0.717) is 35.8 Å². The van der Waals surface area contributed by atoms with Crippen LogP contribution in [-0.2, 0) is 9.59 Å². The van der Waals surface area contributed by atoms with Crippen LogP contribution in [0.4, 0.5) is 11.4 Å². The lowest BCUT2D eigenvalue weighted by atomic mass is 10.0. The quantitative estimate of drug-likeness (QED) is 0.776. The second kappa shape index (κ2) is 7.38. The van der Waals surface area contributed by atoms with Gasteiger partial charge in [0.15, 0.2) is 0 Å². The number of hydrogen-bond acceptors (Lipinski definition) is 3. The van der Waals surface area contributed by atoms with Crippen LogP contribution in [0.2, 0.25) is 5.02 Å². The van der Waals surface area contributed by atoms with Crippen LogP contribution in [0.25, 0.3) is 0 Å². The number of para-hydroxylation sites is 1. The van der Waals surface area contributed by atoms with Crippen LogP contribution in [0.5, 0.6) is 5.75 Å².